The summed E-state index contributed by atoms with van der Waals surface area (Å²) in [7, 11) is 0.659. The van der Waals surface area contributed by atoms with Crippen molar-refractivity contribution in [1.29, 1.82) is 0 Å². The molecule has 69 valence electrons. The summed E-state index contributed by atoms with van der Waals surface area (Å²) in [6, 6.07) is 7.28. The van der Waals surface area contributed by atoms with E-state index >= 15 is 0 Å². The highest BCUT2D eigenvalue weighted by Crippen LogP contribution is 2.14. The van der Waals surface area contributed by atoms with Gasteiger partial charge in [-0.1, -0.05) is 0 Å². The fourth-order valence-corrected chi connectivity index (χ4v) is 1.17. The zero-order chi connectivity index (χ0) is 9.80. The molecule has 0 aliphatic heterocycles. The molecule has 0 saturated heterocycles. The number of benzene rings is 1. The minimum Gasteiger partial charge on any atom is -0.537 e. The first-order chi connectivity index (χ1) is 6.90. The Morgan fingerprint density at radius 2 is 2.07 bits per heavy atom. The molecule has 0 aliphatic rings. The van der Waals surface area contributed by atoms with Gasteiger partial charge in [-0.15, -0.1) is 0 Å². The van der Waals surface area contributed by atoms with Crippen molar-refractivity contribution in [3.63, 3.8) is 0 Å². The summed E-state index contributed by atoms with van der Waals surface area (Å²) >= 11 is 0. The SMILES string of the molecule is O[B]Oc1ccc(-n2ccnc2)cc1. The molecular formula is C9H8BN2O2. The second-order valence-electron chi connectivity index (χ2n) is 2.69. The molecule has 0 aliphatic carbocycles. The lowest BCUT2D eigenvalue weighted by molar-refractivity contribution is 0.454. The van der Waals surface area contributed by atoms with Gasteiger partial charge in [0.05, 0.1) is 6.33 Å². The number of rotatable bonds is 3. The van der Waals surface area contributed by atoms with Crippen LogP contribution in [-0.4, -0.2) is 22.3 Å². The minimum absolute atomic E-state index is 0.594. The molecule has 4 nitrogen and oxygen atoms in total. The van der Waals surface area contributed by atoms with Gasteiger partial charge >= 0.3 is 7.69 Å². The van der Waals surface area contributed by atoms with Crippen molar-refractivity contribution in [1.82, 2.24) is 9.55 Å². The van der Waals surface area contributed by atoms with E-state index in [9.17, 15) is 0 Å². The Bertz CT molecular complexity index is 386. The zero-order valence-electron chi connectivity index (χ0n) is 7.37. The molecule has 1 aromatic heterocycles. The lowest BCUT2D eigenvalue weighted by Crippen LogP contribution is -1.99. The van der Waals surface area contributed by atoms with Crippen molar-refractivity contribution in [2.75, 3.05) is 0 Å². The van der Waals surface area contributed by atoms with Crippen LogP contribution in [-0.2, 0) is 0 Å². The lowest BCUT2D eigenvalue weighted by atomic mass is 10.3. The maximum atomic E-state index is 8.41. The molecule has 2 aromatic rings. The van der Waals surface area contributed by atoms with Gasteiger partial charge in [-0.25, -0.2) is 4.98 Å². The molecule has 0 saturated carbocycles. The number of hydrogen-bond acceptors (Lipinski definition) is 3. The van der Waals surface area contributed by atoms with Crippen LogP contribution < -0.4 is 4.65 Å². The van der Waals surface area contributed by atoms with E-state index in [-0.39, 0.29) is 0 Å². The summed E-state index contributed by atoms with van der Waals surface area (Å²) in [5.41, 5.74) is 0.993. The van der Waals surface area contributed by atoms with Gasteiger partial charge in [0.25, 0.3) is 0 Å². The second-order valence-corrected chi connectivity index (χ2v) is 2.69. The third-order valence-electron chi connectivity index (χ3n) is 1.83. The highest BCUT2D eigenvalue weighted by atomic mass is 16.5. The second kappa shape index (κ2) is 3.98. The van der Waals surface area contributed by atoms with Crippen LogP contribution in [0.15, 0.2) is 43.0 Å². The van der Waals surface area contributed by atoms with Gasteiger partial charge in [0, 0.05) is 18.1 Å². The van der Waals surface area contributed by atoms with Gasteiger partial charge in [0.2, 0.25) is 0 Å². The smallest absolute Gasteiger partial charge is 0.537 e. The Hall–Kier alpha value is -1.75. The molecule has 1 heterocycles. The molecule has 0 bridgehead atoms. The van der Waals surface area contributed by atoms with Crippen LogP contribution >= 0.6 is 0 Å². The maximum absolute atomic E-state index is 8.41. The molecular weight excluding hydrogens is 179 g/mol. The van der Waals surface area contributed by atoms with E-state index in [1.807, 2.05) is 22.9 Å². The predicted octanol–water partition coefficient (Wildman–Crippen LogP) is 0.778. The first-order valence-corrected chi connectivity index (χ1v) is 4.11. The van der Waals surface area contributed by atoms with Crippen LogP contribution in [0.1, 0.15) is 0 Å². The Labute approximate surface area is 82.1 Å². The molecule has 0 spiro atoms. The number of imidazole rings is 1. The monoisotopic (exact) mass is 187 g/mol. The van der Waals surface area contributed by atoms with Gasteiger partial charge in [0.1, 0.15) is 5.75 Å². The van der Waals surface area contributed by atoms with Gasteiger partial charge in [-0.2, -0.15) is 0 Å². The Balaban J connectivity index is 2.22. The average Bonchev–Trinajstić information content (AvgIpc) is 2.72. The van der Waals surface area contributed by atoms with E-state index in [2.05, 4.69) is 4.98 Å². The van der Waals surface area contributed by atoms with Crippen LogP contribution in [0.5, 0.6) is 5.75 Å². The van der Waals surface area contributed by atoms with Gasteiger partial charge < -0.3 is 14.2 Å². The first kappa shape index (κ1) is 8.84. The fourth-order valence-electron chi connectivity index (χ4n) is 1.17. The van der Waals surface area contributed by atoms with E-state index in [0.717, 1.165) is 5.69 Å². The zero-order valence-corrected chi connectivity index (χ0v) is 7.37. The summed E-state index contributed by atoms with van der Waals surface area (Å²) in [5.74, 6) is 0.594. The van der Waals surface area contributed by atoms with Gasteiger partial charge in [0.15, 0.2) is 0 Å². The topological polar surface area (TPSA) is 47.3 Å². The van der Waals surface area contributed by atoms with Crippen molar-refractivity contribution in [2.24, 2.45) is 0 Å². The molecule has 1 radical (unpaired) electrons. The highest BCUT2D eigenvalue weighted by Gasteiger charge is 1.96. The third-order valence-corrected chi connectivity index (χ3v) is 1.83. The molecule has 1 N–H and O–H groups in total. The van der Waals surface area contributed by atoms with Crippen molar-refractivity contribution >= 4 is 7.69 Å². The summed E-state index contributed by atoms with van der Waals surface area (Å²) in [4.78, 5) is 3.94. The third kappa shape index (κ3) is 1.77. The van der Waals surface area contributed by atoms with Crippen LogP contribution in [0.2, 0.25) is 0 Å². The van der Waals surface area contributed by atoms with Crippen molar-refractivity contribution in [3.8, 4) is 11.4 Å². The number of aromatic nitrogens is 2. The molecule has 0 atom stereocenters. The summed E-state index contributed by atoms with van der Waals surface area (Å²) in [6.45, 7) is 0. The molecule has 14 heavy (non-hydrogen) atoms. The van der Waals surface area contributed by atoms with Crippen molar-refractivity contribution in [2.45, 2.75) is 0 Å². The minimum atomic E-state index is 0.594. The number of nitrogens with zero attached hydrogens (tertiary/aromatic N) is 2. The van der Waals surface area contributed by atoms with Crippen LogP contribution in [0.4, 0.5) is 0 Å². The molecule has 0 unspecified atom stereocenters. The van der Waals surface area contributed by atoms with Crippen molar-refractivity contribution < 1.29 is 9.68 Å². The van der Waals surface area contributed by atoms with Crippen LogP contribution in [0.3, 0.4) is 0 Å². The lowest BCUT2D eigenvalue weighted by Gasteiger charge is -2.04. The fraction of sp³-hybridized carbons (Fsp3) is 0. The van der Waals surface area contributed by atoms with Crippen LogP contribution in [0, 0.1) is 0 Å². The maximum Gasteiger partial charge on any atom is 0.569 e. The van der Waals surface area contributed by atoms with Gasteiger partial charge in [-0.3, -0.25) is 0 Å². The Morgan fingerprint density at radius 1 is 1.29 bits per heavy atom. The molecule has 1 aromatic carbocycles. The van der Waals surface area contributed by atoms with E-state index in [4.69, 9.17) is 9.68 Å². The van der Waals surface area contributed by atoms with E-state index in [0.29, 0.717) is 13.4 Å². The molecule has 5 heteroatoms. The van der Waals surface area contributed by atoms with E-state index in [1.54, 1.807) is 24.7 Å². The predicted molar refractivity (Wildman–Crippen MR) is 52.2 cm³/mol. The van der Waals surface area contributed by atoms with Crippen LogP contribution in [0.25, 0.3) is 5.69 Å². The molecule has 0 fully saturated rings. The summed E-state index contributed by atoms with van der Waals surface area (Å²) < 4.78 is 6.67. The number of hydrogen-bond donors (Lipinski definition) is 1. The average molecular weight is 187 g/mol. The largest absolute Gasteiger partial charge is 0.569 e. The summed E-state index contributed by atoms with van der Waals surface area (Å²) in [5, 5.41) is 8.41. The van der Waals surface area contributed by atoms with Crippen molar-refractivity contribution in [3.05, 3.63) is 43.0 Å². The Kier molecular flexibility index (Phi) is 2.51. The quantitative estimate of drug-likeness (QED) is 0.722. The summed E-state index contributed by atoms with van der Waals surface area (Å²) in [6.07, 6.45) is 5.29. The normalized spacial score (nSPS) is 9.79. The first-order valence-electron chi connectivity index (χ1n) is 4.11. The van der Waals surface area contributed by atoms with E-state index in [1.165, 1.54) is 0 Å². The standard InChI is InChI=1S/C9H8BN2O2/c13-10-14-9-3-1-8(2-4-9)12-6-5-11-7-12/h1-7,13H. The molecule has 2 rings (SSSR count). The Morgan fingerprint density at radius 3 is 2.64 bits per heavy atom. The van der Waals surface area contributed by atoms with Gasteiger partial charge in [-0.05, 0) is 24.3 Å². The highest BCUT2D eigenvalue weighted by molar-refractivity contribution is 6.17. The molecule has 0 amide bonds. The van der Waals surface area contributed by atoms with E-state index < -0.39 is 0 Å².